The number of rotatable bonds is 7. The number of carboxylic acid groups (broad SMARTS) is 1. The molecule has 1 aromatic heterocycles. The average Bonchev–Trinajstić information content (AvgIpc) is 2.96. The third kappa shape index (κ3) is 4.60. The molecule has 0 spiro atoms. The van der Waals surface area contributed by atoms with Gasteiger partial charge in [0.05, 0.1) is 29.8 Å². The van der Waals surface area contributed by atoms with Crippen LogP contribution in [0.15, 0.2) is 30.5 Å². The molecule has 1 heterocycles. The number of benzene rings is 1. The van der Waals surface area contributed by atoms with E-state index in [0.717, 1.165) is 30.3 Å². The molecular weight excluding hydrogens is 336 g/mol. The maximum Gasteiger partial charge on any atom is 0.337 e. The van der Waals surface area contributed by atoms with Crippen LogP contribution < -0.4 is 10.6 Å². The lowest BCUT2D eigenvalue weighted by molar-refractivity contribution is -0.155. The van der Waals surface area contributed by atoms with Crippen molar-refractivity contribution in [2.24, 2.45) is 0 Å². The Morgan fingerprint density at radius 3 is 2.69 bits per heavy atom. The number of carbonyl (C=O) groups is 2. The van der Waals surface area contributed by atoms with Crippen LogP contribution in [-0.4, -0.2) is 44.1 Å². The van der Waals surface area contributed by atoms with Crippen LogP contribution in [-0.2, 0) is 11.2 Å². The van der Waals surface area contributed by atoms with Gasteiger partial charge >= 0.3 is 12.0 Å². The fraction of sp³-hybridized carbons (Fsp3) is 0.389. The Hall–Kier alpha value is -2.87. The normalized spacial score (nSPS) is 13.1. The van der Waals surface area contributed by atoms with Crippen LogP contribution in [0.3, 0.4) is 0 Å². The molecule has 0 radical (unpaired) electrons. The average molecular weight is 360 g/mol. The van der Waals surface area contributed by atoms with Crippen molar-refractivity contribution >= 4 is 17.7 Å². The summed E-state index contributed by atoms with van der Waals surface area (Å²) in [6.45, 7) is 4.73. The molecule has 140 valence electrons. The van der Waals surface area contributed by atoms with Crippen molar-refractivity contribution in [3.63, 3.8) is 0 Å². The number of aromatic nitrogens is 2. The summed E-state index contributed by atoms with van der Waals surface area (Å²) in [6.07, 6.45) is 3.13. The minimum Gasteiger partial charge on any atom is -0.479 e. The summed E-state index contributed by atoms with van der Waals surface area (Å²) in [4.78, 5) is 23.0. The molecule has 0 aliphatic heterocycles. The standard InChI is InChI=1S/C18H24N4O4/c1-4-6-15-14(21-17(25)19-11-18(3,26)16(23)24)10-20-22(15)13-8-5-7-12(2)9-13/h5,7-10,26H,4,6,11H2,1-3H3,(H,23,24)(H2,19,21,25). The lowest BCUT2D eigenvalue weighted by Crippen LogP contribution is -2.47. The Morgan fingerprint density at radius 1 is 1.35 bits per heavy atom. The SMILES string of the molecule is CCCc1c(NC(=O)NCC(C)(O)C(=O)O)cnn1-c1cccc(C)c1. The van der Waals surface area contributed by atoms with Crippen molar-refractivity contribution in [1.29, 1.82) is 0 Å². The van der Waals surface area contributed by atoms with Crippen molar-refractivity contribution < 1.29 is 19.8 Å². The Balaban J connectivity index is 2.17. The van der Waals surface area contributed by atoms with E-state index in [9.17, 15) is 14.7 Å². The Kier molecular flexibility index (Phi) is 5.99. The van der Waals surface area contributed by atoms with Gasteiger partial charge in [0.2, 0.25) is 0 Å². The number of aliphatic carboxylic acids is 1. The van der Waals surface area contributed by atoms with Crippen LogP contribution in [0.5, 0.6) is 0 Å². The lowest BCUT2D eigenvalue weighted by atomic mass is 10.1. The molecule has 0 bridgehead atoms. The molecule has 1 aromatic carbocycles. The summed E-state index contributed by atoms with van der Waals surface area (Å²) in [5.41, 5.74) is 1.35. The Labute approximate surface area is 151 Å². The first-order valence-corrected chi connectivity index (χ1v) is 8.39. The quantitative estimate of drug-likeness (QED) is 0.603. The zero-order chi connectivity index (χ0) is 19.3. The number of aliphatic hydroxyl groups is 1. The zero-order valence-electron chi connectivity index (χ0n) is 15.1. The summed E-state index contributed by atoms with van der Waals surface area (Å²) in [5.74, 6) is -1.41. The third-order valence-corrected chi connectivity index (χ3v) is 3.90. The van der Waals surface area contributed by atoms with E-state index < -0.39 is 24.1 Å². The number of hydrogen-bond donors (Lipinski definition) is 4. The fourth-order valence-electron chi connectivity index (χ4n) is 2.43. The van der Waals surface area contributed by atoms with E-state index in [-0.39, 0.29) is 0 Å². The first-order chi connectivity index (χ1) is 12.2. The van der Waals surface area contributed by atoms with Crippen molar-refractivity contribution in [2.75, 3.05) is 11.9 Å². The molecule has 0 aliphatic carbocycles. The van der Waals surface area contributed by atoms with Crippen LogP contribution >= 0.6 is 0 Å². The maximum absolute atomic E-state index is 12.1. The molecule has 0 aliphatic rings. The van der Waals surface area contributed by atoms with Gasteiger partial charge in [-0.1, -0.05) is 25.5 Å². The largest absolute Gasteiger partial charge is 0.479 e. The van der Waals surface area contributed by atoms with Gasteiger partial charge in [-0.2, -0.15) is 5.10 Å². The smallest absolute Gasteiger partial charge is 0.337 e. The van der Waals surface area contributed by atoms with Gasteiger partial charge < -0.3 is 20.8 Å². The van der Waals surface area contributed by atoms with Crippen LogP contribution in [0.25, 0.3) is 5.69 Å². The second-order valence-corrected chi connectivity index (χ2v) is 6.39. The second kappa shape index (κ2) is 8.01. The van der Waals surface area contributed by atoms with Crippen molar-refractivity contribution in [3.05, 3.63) is 41.7 Å². The molecule has 2 amide bonds. The first-order valence-electron chi connectivity index (χ1n) is 8.39. The van der Waals surface area contributed by atoms with Crippen molar-refractivity contribution in [1.82, 2.24) is 15.1 Å². The monoisotopic (exact) mass is 360 g/mol. The topological polar surface area (TPSA) is 116 Å². The van der Waals surface area contributed by atoms with Crippen LogP contribution in [0.2, 0.25) is 0 Å². The van der Waals surface area contributed by atoms with Gasteiger partial charge in [-0.25, -0.2) is 14.3 Å². The minimum atomic E-state index is -2.03. The Bertz CT molecular complexity index is 798. The van der Waals surface area contributed by atoms with Gasteiger partial charge in [0.15, 0.2) is 5.60 Å². The molecule has 1 unspecified atom stereocenters. The van der Waals surface area contributed by atoms with E-state index >= 15 is 0 Å². The summed E-state index contributed by atoms with van der Waals surface area (Å²) in [5, 5.41) is 27.9. The number of urea groups is 1. The predicted octanol–water partition coefficient (Wildman–Crippen LogP) is 2.09. The van der Waals surface area contributed by atoms with Crippen LogP contribution in [0.4, 0.5) is 10.5 Å². The number of carboxylic acids is 1. The van der Waals surface area contributed by atoms with Gasteiger partial charge in [-0.05, 0) is 38.0 Å². The highest BCUT2D eigenvalue weighted by Crippen LogP contribution is 2.21. The van der Waals surface area contributed by atoms with Gasteiger partial charge in [0, 0.05) is 0 Å². The highest BCUT2D eigenvalue weighted by molar-refractivity contribution is 5.90. The van der Waals surface area contributed by atoms with E-state index in [1.807, 2.05) is 38.1 Å². The molecule has 26 heavy (non-hydrogen) atoms. The third-order valence-electron chi connectivity index (χ3n) is 3.90. The predicted molar refractivity (Wildman–Crippen MR) is 97.6 cm³/mol. The number of aryl methyl sites for hydroxylation is 1. The highest BCUT2D eigenvalue weighted by Gasteiger charge is 2.30. The van der Waals surface area contributed by atoms with Gasteiger partial charge in [-0.15, -0.1) is 0 Å². The molecule has 8 heteroatoms. The Morgan fingerprint density at radius 2 is 2.08 bits per heavy atom. The molecule has 1 atom stereocenters. The molecule has 0 saturated carbocycles. The first kappa shape index (κ1) is 19.5. The molecule has 2 rings (SSSR count). The van der Waals surface area contributed by atoms with Crippen LogP contribution in [0, 0.1) is 6.92 Å². The highest BCUT2D eigenvalue weighted by atomic mass is 16.4. The summed E-state index contributed by atoms with van der Waals surface area (Å²) >= 11 is 0. The molecule has 8 nitrogen and oxygen atoms in total. The molecule has 0 saturated heterocycles. The summed E-state index contributed by atoms with van der Waals surface area (Å²) in [7, 11) is 0. The van der Waals surface area contributed by atoms with Gasteiger partial charge in [-0.3, -0.25) is 0 Å². The summed E-state index contributed by atoms with van der Waals surface area (Å²) < 4.78 is 1.78. The fourth-order valence-corrected chi connectivity index (χ4v) is 2.43. The number of nitrogens with one attached hydrogen (secondary N) is 2. The van der Waals surface area contributed by atoms with Crippen molar-refractivity contribution in [3.8, 4) is 5.69 Å². The number of anilines is 1. The zero-order valence-corrected chi connectivity index (χ0v) is 15.1. The van der Waals surface area contributed by atoms with E-state index in [4.69, 9.17) is 5.11 Å². The number of nitrogens with zero attached hydrogens (tertiary/aromatic N) is 2. The molecular formula is C18H24N4O4. The van der Waals surface area contributed by atoms with E-state index in [0.29, 0.717) is 12.1 Å². The second-order valence-electron chi connectivity index (χ2n) is 6.39. The van der Waals surface area contributed by atoms with E-state index in [1.165, 1.54) is 0 Å². The van der Waals surface area contributed by atoms with E-state index in [2.05, 4.69) is 15.7 Å². The molecule has 2 aromatic rings. The summed E-state index contributed by atoms with van der Waals surface area (Å²) in [6, 6.07) is 7.27. The molecule has 0 fully saturated rings. The lowest BCUT2D eigenvalue weighted by Gasteiger charge is -2.18. The number of amides is 2. The number of carbonyl (C=O) groups excluding carboxylic acids is 1. The van der Waals surface area contributed by atoms with Crippen molar-refractivity contribution in [2.45, 2.75) is 39.2 Å². The maximum atomic E-state index is 12.1. The van der Waals surface area contributed by atoms with Crippen LogP contribution in [0.1, 0.15) is 31.5 Å². The van der Waals surface area contributed by atoms with Gasteiger partial charge in [0.1, 0.15) is 0 Å². The number of hydrogen-bond acceptors (Lipinski definition) is 4. The minimum absolute atomic E-state index is 0.413. The van der Waals surface area contributed by atoms with Gasteiger partial charge in [0.25, 0.3) is 0 Å². The van der Waals surface area contributed by atoms with E-state index in [1.54, 1.807) is 10.9 Å². The molecule has 4 N–H and O–H groups in total.